The third kappa shape index (κ3) is 3.57. The van der Waals surface area contributed by atoms with Crippen LogP contribution in [0.25, 0.3) is 0 Å². The van der Waals surface area contributed by atoms with Crippen molar-refractivity contribution in [2.45, 2.75) is 45.8 Å². The molecule has 1 atom stereocenters. The van der Waals surface area contributed by atoms with E-state index >= 15 is 0 Å². The first-order chi connectivity index (χ1) is 7.33. The summed E-state index contributed by atoms with van der Waals surface area (Å²) in [5.74, 6) is 1.25. The Kier molecular flexibility index (Phi) is 4.04. The lowest BCUT2D eigenvalue weighted by Crippen LogP contribution is -2.37. The van der Waals surface area contributed by atoms with Crippen LogP contribution in [-0.4, -0.2) is 39.4 Å². The van der Waals surface area contributed by atoms with E-state index in [2.05, 4.69) is 10.2 Å². The first-order valence-corrected chi connectivity index (χ1v) is 5.58. The standard InChI is InChI=1S/C11H21N3O2/c1-6-9-12-13-10(16-9)8(2)14(5)7-11(3,4)15/h8,15H,6-7H2,1-5H3. The Bertz CT molecular complexity index is 330. The molecule has 0 fully saturated rings. The monoisotopic (exact) mass is 227 g/mol. The molecule has 0 spiro atoms. The molecule has 5 heteroatoms. The summed E-state index contributed by atoms with van der Waals surface area (Å²) in [6, 6.07) is 0.0132. The minimum atomic E-state index is -0.726. The van der Waals surface area contributed by atoms with E-state index in [1.807, 2.05) is 25.8 Å². The minimum Gasteiger partial charge on any atom is -0.424 e. The maximum absolute atomic E-state index is 9.73. The lowest BCUT2D eigenvalue weighted by molar-refractivity contribution is 0.0296. The molecule has 16 heavy (non-hydrogen) atoms. The molecule has 1 aromatic heterocycles. The van der Waals surface area contributed by atoms with Gasteiger partial charge in [0.05, 0.1) is 11.6 Å². The van der Waals surface area contributed by atoms with Crippen LogP contribution >= 0.6 is 0 Å². The van der Waals surface area contributed by atoms with Crippen LogP contribution in [0.15, 0.2) is 4.42 Å². The van der Waals surface area contributed by atoms with E-state index < -0.39 is 5.60 Å². The summed E-state index contributed by atoms with van der Waals surface area (Å²) < 4.78 is 5.48. The Hall–Kier alpha value is -0.940. The first-order valence-electron chi connectivity index (χ1n) is 5.58. The van der Waals surface area contributed by atoms with E-state index in [4.69, 9.17) is 4.42 Å². The minimum absolute atomic E-state index is 0.0132. The van der Waals surface area contributed by atoms with Crippen LogP contribution in [0.5, 0.6) is 0 Å². The SMILES string of the molecule is CCc1nnc(C(C)N(C)CC(C)(C)O)o1. The number of hydrogen-bond donors (Lipinski definition) is 1. The van der Waals surface area contributed by atoms with Gasteiger partial charge >= 0.3 is 0 Å². The van der Waals surface area contributed by atoms with Gasteiger partial charge in [0, 0.05) is 13.0 Å². The molecule has 1 heterocycles. The molecule has 92 valence electrons. The van der Waals surface area contributed by atoms with Crippen molar-refractivity contribution in [1.29, 1.82) is 0 Å². The average Bonchev–Trinajstić information content (AvgIpc) is 2.61. The fourth-order valence-corrected chi connectivity index (χ4v) is 1.51. The molecule has 1 rings (SSSR count). The van der Waals surface area contributed by atoms with Crippen LogP contribution in [0.2, 0.25) is 0 Å². The zero-order valence-corrected chi connectivity index (χ0v) is 10.7. The van der Waals surface area contributed by atoms with Crippen molar-refractivity contribution in [2.75, 3.05) is 13.6 Å². The second-order valence-corrected chi connectivity index (χ2v) is 4.79. The van der Waals surface area contributed by atoms with Gasteiger partial charge in [0.2, 0.25) is 11.8 Å². The molecule has 0 radical (unpaired) electrons. The van der Waals surface area contributed by atoms with E-state index in [1.165, 1.54) is 0 Å². The largest absolute Gasteiger partial charge is 0.424 e. The highest BCUT2D eigenvalue weighted by atomic mass is 16.4. The van der Waals surface area contributed by atoms with Gasteiger partial charge in [-0.1, -0.05) is 6.92 Å². The summed E-state index contributed by atoms with van der Waals surface area (Å²) >= 11 is 0. The average molecular weight is 227 g/mol. The van der Waals surface area contributed by atoms with Gasteiger partial charge in [0.1, 0.15) is 0 Å². The van der Waals surface area contributed by atoms with Crippen LogP contribution in [0, 0.1) is 0 Å². The molecular formula is C11H21N3O2. The second-order valence-electron chi connectivity index (χ2n) is 4.79. The molecule has 1 N–H and O–H groups in total. The van der Waals surface area contributed by atoms with Crippen molar-refractivity contribution < 1.29 is 9.52 Å². The predicted molar refractivity (Wildman–Crippen MR) is 61.0 cm³/mol. The van der Waals surface area contributed by atoms with Gasteiger partial charge in [-0.15, -0.1) is 10.2 Å². The van der Waals surface area contributed by atoms with Gasteiger partial charge in [-0.2, -0.15) is 0 Å². The number of aromatic nitrogens is 2. The van der Waals surface area contributed by atoms with Crippen molar-refractivity contribution in [3.8, 4) is 0 Å². The number of likely N-dealkylation sites (N-methyl/N-ethyl adjacent to an activating group) is 1. The molecule has 5 nitrogen and oxygen atoms in total. The summed E-state index contributed by atoms with van der Waals surface area (Å²) in [7, 11) is 1.93. The van der Waals surface area contributed by atoms with E-state index in [0.29, 0.717) is 18.3 Å². The Labute approximate surface area is 96.5 Å². The molecule has 0 saturated heterocycles. The van der Waals surface area contributed by atoms with E-state index in [0.717, 1.165) is 6.42 Å². The second kappa shape index (κ2) is 4.93. The van der Waals surface area contributed by atoms with E-state index in [9.17, 15) is 5.11 Å². The highest BCUT2D eigenvalue weighted by Gasteiger charge is 2.23. The fraction of sp³-hybridized carbons (Fsp3) is 0.818. The van der Waals surface area contributed by atoms with Crippen LogP contribution in [0.1, 0.15) is 45.5 Å². The lowest BCUT2D eigenvalue weighted by Gasteiger charge is -2.28. The van der Waals surface area contributed by atoms with Crippen molar-refractivity contribution in [1.82, 2.24) is 15.1 Å². The molecule has 0 saturated carbocycles. The zero-order chi connectivity index (χ0) is 12.3. The van der Waals surface area contributed by atoms with Gasteiger partial charge in [0.25, 0.3) is 0 Å². The molecule has 1 unspecified atom stereocenters. The highest BCUT2D eigenvalue weighted by molar-refractivity contribution is 4.89. The Balaban J connectivity index is 2.66. The number of rotatable bonds is 5. The summed E-state index contributed by atoms with van der Waals surface area (Å²) in [6.45, 7) is 8.07. The predicted octanol–water partition coefficient (Wildman–Crippen LogP) is 1.40. The van der Waals surface area contributed by atoms with Gasteiger partial charge in [-0.25, -0.2) is 0 Å². The van der Waals surface area contributed by atoms with Crippen molar-refractivity contribution in [3.63, 3.8) is 0 Å². The maximum atomic E-state index is 9.73. The molecule has 0 aliphatic heterocycles. The Morgan fingerprint density at radius 2 is 2.06 bits per heavy atom. The maximum Gasteiger partial charge on any atom is 0.233 e. The molecule has 0 amide bonds. The summed E-state index contributed by atoms with van der Waals surface area (Å²) in [5.41, 5.74) is -0.726. The van der Waals surface area contributed by atoms with Gasteiger partial charge in [-0.3, -0.25) is 4.90 Å². The molecule has 0 bridgehead atoms. The number of nitrogens with zero attached hydrogens (tertiary/aromatic N) is 3. The third-order valence-electron chi connectivity index (χ3n) is 2.44. The highest BCUT2D eigenvalue weighted by Crippen LogP contribution is 2.19. The fourth-order valence-electron chi connectivity index (χ4n) is 1.51. The topological polar surface area (TPSA) is 62.4 Å². The zero-order valence-electron chi connectivity index (χ0n) is 10.7. The van der Waals surface area contributed by atoms with Gasteiger partial charge in [-0.05, 0) is 27.8 Å². The quantitative estimate of drug-likeness (QED) is 0.823. The smallest absolute Gasteiger partial charge is 0.233 e. The van der Waals surface area contributed by atoms with E-state index in [-0.39, 0.29) is 6.04 Å². The van der Waals surface area contributed by atoms with Crippen LogP contribution in [0.4, 0.5) is 0 Å². The molecular weight excluding hydrogens is 206 g/mol. The van der Waals surface area contributed by atoms with Crippen molar-refractivity contribution in [3.05, 3.63) is 11.8 Å². The normalized spacial score (nSPS) is 14.4. The molecule has 0 aliphatic rings. The molecule has 0 aromatic carbocycles. The molecule has 1 aromatic rings. The summed E-state index contributed by atoms with van der Waals surface area (Å²) in [5, 5.41) is 17.7. The Morgan fingerprint density at radius 1 is 1.44 bits per heavy atom. The first kappa shape index (κ1) is 13.1. The summed E-state index contributed by atoms with van der Waals surface area (Å²) in [6.07, 6.45) is 0.745. The van der Waals surface area contributed by atoms with E-state index in [1.54, 1.807) is 13.8 Å². The number of aliphatic hydroxyl groups is 1. The number of hydrogen-bond acceptors (Lipinski definition) is 5. The third-order valence-corrected chi connectivity index (χ3v) is 2.44. The van der Waals surface area contributed by atoms with Crippen molar-refractivity contribution >= 4 is 0 Å². The summed E-state index contributed by atoms with van der Waals surface area (Å²) in [4.78, 5) is 1.99. The van der Waals surface area contributed by atoms with Crippen LogP contribution < -0.4 is 0 Å². The van der Waals surface area contributed by atoms with Crippen LogP contribution in [0.3, 0.4) is 0 Å². The van der Waals surface area contributed by atoms with Gasteiger partial charge in [0.15, 0.2) is 0 Å². The Morgan fingerprint density at radius 3 is 2.50 bits per heavy atom. The lowest BCUT2D eigenvalue weighted by atomic mass is 10.1. The number of aryl methyl sites for hydroxylation is 1. The van der Waals surface area contributed by atoms with Gasteiger partial charge < -0.3 is 9.52 Å². The van der Waals surface area contributed by atoms with Crippen molar-refractivity contribution in [2.24, 2.45) is 0 Å². The molecule has 0 aliphatic carbocycles. The van der Waals surface area contributed by atoms with Crippen LogP contribution in [-0.2, 0) is 6.42 Å².